The van der Waals surface area contributed by atoms with Crippen molar-refractivity contribution >= 4 is 0 Å². The predicted molar refractivity (Wildman–Crippen MR) is 49.0 cm³/mol. The molecule has 0 aromatic heterocycles. The van der Waals surface area contributed by atoms with Crippen molar-refractivity contribution < 1.29 is 23.0 Å². The molecule has 0 aliphatic heterocycles. The van der Waals surface area contributed by atoms with Crippen molar-refractivity contribution in [3.05, 3.63) is 23.3 Å². The number of halogens is 3. The van der Waals surface area contributed by atoms with Gasteiger partial charge in [0.1, 0.15) is 11.5 Å². The van der Waals surface area contributed by atoms with Crippen molar-refractivity contribution in [2.24, 2.45) is 0 Å². The summed E-state index contributed by atoms with van der Waals surface area (Å²) in [5.41, 5.74) is -0.598. The van der Waals surface area contributed by atoms with Crippen LogP contribution in [-0.4, -0.2) is 11.7 Å². The number of benzene rings is 1. The van der Waals surface area contributed by atoms with E-state index in [1.165, 1.54) is 6.92 Å². The van der Waals surface area contributed by atoms with Crippen molar-refractivity contribution in [3.8, 4) is 11.5 Å². The van der Waals surface area contributed by atoms with Crippen molar-refractivity contribution in [1.82, 2.24) is 0 Å². The Bertz CT molecular complexity index is 358. The fraction of sp³-hybridized carbons (Fsp3) is 0.400. The van der Waals surface area contributed by atoms with Crippen molar-refractivity contribution in [3.63, 3.8) is 0 Å². The van der Waals surface area contributed by atoms with E-state index in [9.17, 15) is 18.3 Å². The minimum Gasteiger partial charge on any atom is -0.508 e. The molecule has 0 aliphatic carbocycles. The molecule has 1 N–H and O–H groups in total. The topological polar surface area (TPSA) is 29.5 Å². The lowest BCUT2D eigenvalue weighted by molar-refractivity contribution is -0.137. The molecule has 5 heteroatoms. The molecular weight excluding hydrogens is 209 g/mol. The molecule has 0 saturated carbocycles. The molecule has 0 aliphatic rings. The third kappa shape index (κ3) is 2.55. The zero-order chi connectivity index (χ0) is 11.6. The Kier molecular flexibility index (Phi) is 3.12. The molecular formula is C10H11F3O2. The highest BCUT2D eigenvalue weighted by atomic mass is 19.4. The van der Waals surface area contributed by atoms with Gasteiger partial charge in [-0.2, -0.15) is 13.2 Å². The molecule has 84 valence electrons. The first-order valence-electron chi connectivity index (χ1n) is 4.40. The smallest absolute Gasteiger partial charge is 0.416 e. The Hall–Kier alpha value is -1.39. The average Bonchev–Trinajstić information content (AvgIpc) is 2.11. The van der Waals surface area contributed by atoms with E-state index in [4.69, 9.17) is 4.74 Å². The lowest BCUT2D eigenvalue weighted by Gasteiger charge is -2.13. The van der Waals surface area contributed by atoms with Crippen LogP contribution in [0.5, 0.6) is 11.5 Å². The molecule has 0 saturated heterocycles. The van der Waals surface area contributed by atoms with Crippen LogP contribution in [0, 0.1) is 6.92 Å². The molecule has 1 aromatic rings. The highest BCUT2D eigenvalue weighted by Crippen LogP contribution is 2.37. The summed E-state index contributed by atoms with van der Waals surface area (Å²) in [5.74, 6) is -0.349. The first kappa shape index (κ1) is 11.7. The Morgan fingerprint density at radius 3 is 2.40 bits per heavy atom. The van der Waals surface area contributed by atoms with Crippen LogP contribution in [-0.2, 0) is 6.18 Å². The predicted octanol–water partition coefficient (Wildman–Crippen LogP) is 3.12. The van der Waals surface area contributed by atoms with Gasteiger partial charge < -0.3 is 9.84 Å². The number of phenolic OH excluding ortho intramolecular Hbond substituents is 1. The fourth-order valence-electron chi connectivity index (χ4n) is 1.14. The van der Waals surface area contributed by atoms with Gasteiger partial charge in [0.25, 0.3) is 0 Å². The fourth-order valence-corrected chi connectivity index (χ4v) is 1.14. The molecule has 0 unspecified atom stereocenters. The summed E-state index contributed by atoms with van der Waals surface area (Å²) in [4.78, 5) is 0. The summed E-state index contributed by atoms with van der Waals surface area (Å²) in [6.07, 6.45) is -4.48. The molecule has 0 atom stereocenters. The van der Waals surface area contributed by atoms with Crippen LogP contribution in [0.4, 0.5) is 13.2 Å². The monoisotopic (exact) mass is 220 g/mol. The van der Waals surface area contributed by atoms with Crippen LogP contribution >= 0.6 is 0 Å². The zero-order valence-corrected chi connectivity index (χ0v) is 8.35. The Morgan fingerprint density at radius 1 is 1.33 bits per heavy atom. The second-order valence-electron chi connectivity index (χ2n) is 3.05. The Labute approximate surface area is 85.3 Å². The minimum atomic E-state index is -4.48. The van der Waals surface area contributed by atoms with E-state index >= 15 is 0 Å². The highest BCUT2D eigenvalue weighted by Gasteiger charge is 2.32. The molecule has 2 nitrogen and oxygen atoms in total. The van der Waals surface area contributed by atoms with E-state index in [-0.39, 0.29) is 12.4 Å². The number of hydrogen-bond acceptors (Lipinski definition) is 2. The van der Waals surface area contributed by atoms with E-state index in [0.717, 1.165) is 6.07 Å². The average molecular weight is 220 g/mol. The van der Waals surface area contributed by atoms with Gasteiger partial charge in [0.2, 0.25) is 0 Å². The maximum Gasteiger partial charge on any atom is 0.416 e. The van der Waals surface area contributed by atoms with Gasteiger partial charge in [0.05, 0.1) is 12.2 Å². The molecule has 1 rings (SSSR count). The molecule has 0 amide bonds. The number of alkyl halides is 3. The van der Waals surface area contributed by atoms with E-state index in [1.807, 2.05) is 0 Å². The standard InChI is InChI=1S/C10H11F3O2/c1-3-15-9-5-7(10(11,12)13)4-8(14)6(9)2/h4-5,14H,3H2,1-2H3. The van der Waals surface area contributed by atoms with Crippen molar-refractivity contribution in [1.29, 1.82) is 0 Å². The summed E-state index contributed by atoms with van der Waals surface area (Å²) >= 11 is 0. The highest BCUT2D eigenvalue weighted by molar-refractivity contribution is 5.47. The second-order valence-corrected chi connectivity index (χ2v) is 3.05. The van der Waals surface area contributed by atoms with Gasteiger partial charge in [0.15, 0.2) is 0 Å². The number of ether oxygens (including phenoxy) is 1. The number of hydrogen-bond donors (Lipinski definition) is 1. The quantitative estimate of drug-likeness (QED) is 0.829. The molecule has 0 heterocycles. The van der Waals surface area contributed by atoms with E-state index in [0.29, 0.717) is 11.6 Å². The summed E-state index contributed by atoms with van der Waals surface area (Å²) in [5, 5.41) is 9.29. The van der Waals surface area contributed by atoms with Gasteiger partial charge in [0, 0.05) is 5.56 Å². The molecule has 0 bridgehead atoms. The van der Waals surface area contributed by atoms with Crippen LogP contribution in [0.1, 0.15) is 18.1 Å². The normalized spacial score (nSPS) is 11.5. The van der Waals surface area contributed by atoms with Gasteiger partial charge in [-0.3, -0.25) is 0 Å². The van der Waals surface area contributed by atoms with Gasteiger partial charge >= 0.3 is 6.18 Å². The second kappa shape index (κ2) is 4.00. The molecule has 0 spiro atoms. The maximum absolute atomic E-state index is 12.4. The van der Waals surface area contributed by atoms with Crippen LogP contribution in [0.3, 0.4) is 0 Å². The van der Waals surface area contributed by atoms with E-state index < -0.39 is 17.5 Å². The van der Waals surface area contributed by atoms with Gasteiger partial charge in [-0.1, -0.05) is 0 Å². The summed E-state index contributed by atoms with van der Waals surface area (Å²) in [7, 11) is 0. The van der Waals surface area contributed by atoms with Crippen molar-refractivity contribution in [2.75, 3.05) is 6.61 Å². The van der Waals surface area contributed by atoms with Crippen LogP contribution in [0.25, 0.3) is 0 Å². The molecule has 15 heavy (non-hydrogen) atoms. The largest absolute Gasteiger partial charge is 0.508 e. The van der Waals surface area contributed by atoms with Crippen LogP contribution in [0.15, 0.2) is 12.1 Å². The van der Waals surface area contributed by atoms with Gasteiger partial charge in [-0.25, -0.2) is 0 Å². The number of phenols is 1. The van der Waals surface area contributed by atoms with E-state index in [1.54, 1.807) is 6.92 Å². The van der Waals surface area contributed by atoms with Crippen LogP contribution in [0.2, 0.25) is 0 Å². The lowest BCUT2D eigenvalue weighted by atomic mass is 10.1. The van der Waals surface area contributed by atoms with Gasteiger partial charge in [-0.15, -0.1) is 0 Å². The minimum absolute atomic E-state index is 0.0600. The maximum atomic E-state index is 12.4. The third-order valence-corrected chi connectivity index (χ3v) is 1.96. The first-order chi connectivity index (χ1) is 6.86. The zero-order valence-electron chi connectivity index (χ0n) is 8.35. The summed E-state index contributed by atoms with van der Waals surface area (Å²) < 4.78 is 42.1. The SMILES string of the molecule is CCOc1cc(C(F)(F)F)cc(O)c1C. The Balaban J connectivity index is 3.23. The van der Waals surface area contributed by atoms with E-state index in [2.05, 4.69) is 0 Å². The first-order valence-corrected chi connectivity index (χ1v) is 4.40. The van der Waals surface area contributed by atoms with Crippen LogP contribution < -0.4 is 4.74 Å². The number of rotatable bonds is 2. The lowest BCUT2D eigenvalue weighted by Crippen LogP contribution is -2.06. The molecule has 0 radical (unpaired) electrons. The molecule has 1 aromatic carbocycles. The van der Waals surface area contributed by atoms with Gasteiger partial charge in [-0.05, 0) is 26.0 Å². The Morgan fingerprint density at radius 2 is 1.93 bits per heavy atom. The molecule has 0 fully saturated rings. The summed E-state index contributed by atoms with van der Waals surface area (Å²) in [6.45, 7) is 3.42. The number of aromatic hydroxyl groups is 1. The summed E-state index contributed by atoms with van der Waals surface area (Å²) in [6, 6.07) is 1.58. The third-order valence-electron chi connectivity index (χ3n) is 1.96. The van der Waals surface area contributed by atoms with Crippen molar-refractivity contribution in [2.45, 2.75) is 20.0 Å².